The van der Waals surface area contributed by atoms with Crippen molar-refractivity contribution < 1.29 is 25.8 Å². The average molecular weight is 487 g/mol. The maximum Gasteiger partial charge on any atom is 0.0281 e. The van der Waals surface area contributed by atoms with Gasteiger partial charge in [0.2, 0.25) is 0 Å². The zero-order valence-electron chi connectivity index (χ0n) is 14.4. The Bertz CT molecular complexity index is 969. The average Bonchev–Trinajstić information content (AvgIpc) is 3.19. The first kappa shape index (κ1) is 16.7. The Balaban J connectivity index is 0.00000157. The van der Waals surface area contributed by atoms with Gasteiger partial charge in [-0.3, -0.25) is 0 Å². The molecular weight excluding hydrogens is 467 g/mol. The van der Waals surface area contributed by atoms with Gasteiger partial charge >= 0.3 is 0 Å². The van der Waals surface area contributed by atoms with Crippen LogP contribution in [0.3, 0.4) is 0 Å². The minimum absolute atomic E-state index is 0. The summed E-state index contributed by atoms with van der Waals surface area (Å²) in [7, 11) is 0. The standard InChI is InChI=1S/C24H20.Hf/c1-2-16-14-17-8-4-6-11-20(17)24(16)22-13-7-12-21-19-10-5-3-9-18(19)15-23(21)22;/h3-14,20H,2,15H2,1H3;. The molecule has 0 nitrogen and oxygen atoms in total. The van der Waals surface area contributed by atoms with Gasteiger partial charge in [0.05, 0.1) is 0 Å². The van der Waals surface area contributed by atoms with Crippen molar-refractivity contribution in [3.63, 3.8) is 0 Å². The molecule has 0 fully saturated rings. The van der Waals surface area contributed by atoms with E-state index in [-0.39, 0.29) is 25.8 Å². The van der Waals surface area contributed by atoms with Gasteiger partial charge < -0.3 is 0 Å². The molecule has 0 aromatic heterocycles. The SMILES string of the molecule is CCC1=C(c2cccc3c2Cc2ccccc2-3)C2C=CC=CC2=C1.[Hf]. The fourth-order valence-electron chi connectivity index (χ4n) is 4.48. The van der Waals surface area contributed by atoms with Gasteiger partial charge in [0, 0.05) is 31.8 Å². The van der Waals surface area contributed by atoms with E-state index in [0.29, 0.717) is 5.92 Å². The number of allylic oxidation sites excluding steroid dienone is 8. The van der Waals surface area contributed by atoms with Crippen LogP contribution in [-0.2, 0) is 32.3 Å². The molecule has 3 aliphatic rings. The van der Waals surface area contributed by atoms with Crippen LogP contribution in [-0.4, -0.2) is 0 Å². The van der Waals surface area contributed by atoms with E-state index in [1.54, 1.807) is 0 Å². The monoisotopic (exact) mass is 488 g/mol. The van der Waals surface area contributed by atoms with Gasteiger partial charge in [-0.2, -0.15) is 0 Å². The molecule has 1 unspecified atom stereocenters. The first-order valence-corrected chi connectivity index (χ1v) is 8.87. The van der Waals surface area contributed by atoms with Gasteiger partial charge in [-0.15, -0.1) is 0 Å². The molecule has 0 aliphatic heterocycles. The molecule has 0 N–H and O–H groups in total. The molecule has 0 radical (unpaired) electrons. The van der Waals surface area contributed by atoms with Crippen molar-refractivity contribution in [2.24, 2.45) is 5.92 Å². The summed E-state index contributed by atoms with van der Waals surface area (Å²) in [5.74, 6) is 0.431. The van der Waals surface area contributed by atoms with Crippen molar-refractivity contribution in [3.05, 3.63) is 101 Å². The fraction of sp³-hybridized carbons (Fsp3) is 0.167. The van der Waals surface area contributed by atoms with Crippen molar-refractivity contribution >= 4 is 5.57 Å². The van der Waals surface area contributed by atoms with Crippen molar-refractivity contribution in [3.8, 4) is 11.1 Å². The van der Waals surface area contributed by atoms with Crippen molar-refractivity contribution in [2.75, 3.05) is 0 Å². The van der Waals surface area contributed by atoms with E-state index in [2.05, 4.69) is 79.8 Å². The van der Waals surface area contributed by atoms with Gasteiger partial charge in [-0.05, 0) is 57.4 Å². The Labute approximate surface area is 168 Å². The molecule has 1 heteroatoms. The Morgan fingerprint density at radius 1 is 0.920 bits per heavy atom. The summed E-state index contributed by atoms with van der Waals surface area (Å²) in [6, 6.07) is 15.7. The van der Waals surface area contributed by atoms with E-state index in [1.165, 1.54) is 44.5 Å². The molecule has 3 aliphatic carbocycles. The quantitative estimate of drug-likeness (QED) is 0.384. The summed E-state index contributed by atoms with van der Waals surface area (Å²) in [6.45, 7) is 2.27. The predicted molar refractivity (Wildman–Crippen MR) is 102 cm³/mol. The molecule has 120 valence electrons. The number of rotatable bonds is 2. The van der Waals surface area contributed by atoms with Crippen molar-refractivity contribution in [2.45, 2.75) is 19.8 Å². The van der Waals surface area contributed by atoms with E-state index >= 15 is 0 Å². The van der Waals surface area contributed by atoms with Crippen LogP contribution in [0, 0.1) is 5.92 Å². The Hall–Kier alpha value is -1.73. The summed E-state index contributed by atoms with van der Waals surface area (Å²) in [5.41, 5.74) is 11.7. The molecule has 0 amide bonds. The second-order valence-electron chi connectivity index (χ2n) is 6.82. The van der Waals surface area contributed by atoms with Crippen LogP contribution in [0.1, 0.15) is 30.0 Å². The normalized spacial score (nSPS) is 19.2. The zero-order valence-corrected chi connectivity index (χ0v) is 18.0. The van der Waals surface area contributed by atoms with Gasteiger partial charge in [0.25, 0.3) is 0 Å². The Morgan fingerprint density at radius 3 is 2.60 bits per heavy atom. The van der Waals surface area contributed by atoms with Crippen molar-refractivity contribution in [1.29, 1.82) is 0 Å². The Kier molecular flexibility index (Phi) is 4.37. The Morgan fingerprint density at radius 2 is 1.72 bits per heavy atom. The molecule has 0 bridgehead atoms. The number of hydrogen-bond acceptors (Lipinski definition) is 0. The molecule has 0 saturated heterocycles. The predicted octanol–water partition coefficient (Wildman–Crippen LogP) is 6.10. The van der Waals surface area contributed by atoms with Crippen LogP contribution in [0.5, 0.6) is 0 Å². The second-order valence-corrected chi connectivity index (χ2v) is 6.82. The third kappa shape index (κ3) is 2.52. The summed E-state index contributed by atoms with van der Waals surface area (Å²) < 4.78 is 0. The van der Waals surface area contributed by atoms with Gasteiger partial charge in [-0.25, -0.2) is 0 Å². The number of fused-ring (bicyclic) bond motifs is 4. The van der Waals surface area contributed by atoms with Gasteiger partial charge in [0.1, 0.15) is 0 Å². The van der Waals surface area contributed by atoms with Crippen LogP contribution in [0.2, 0.25) is 0 Å². The first-order chi connectivity index (χ1) is 11.9. The van der Waals surface area contributed by atoms with Gasteiger partial charge in [-0.1, -0.05) is 79.8 Å². The molecule has 0 heterocycles. The summed E-state index contributed by atoms with van der Waals surface area (Å²) in [5, 5.41) is 0. The zero-order chi connectivity index (χ0) is 16.1. The molecular formula is C24H20Hf. The number of hydrogen-bond donors (Lipinski definition) is 0. The minimum Gasteiger partial charge on any atom is -0.0726 e. The van der Waals surface area contributed by atoms with E-state index < -0.39 is 0 Å². The molecule has 2 aromatic carbocycles. The molecule has 5 rings (SSSR count). The van der Waals surface area contributed by atoms with E-state index in [1.807, 2.05) is 0 Å². The van der Waals surface area contributed by atoms with Crippen LogP contribution in [0.25, 0.3) is 16.7 Å². The van der Waals surface area contributed by atoms with E-state index in [4.69, 9.17) is 0 Å². The van der Waals surface area contributed by atoms with Crippen LogP contribution in [0.15, 0.2) is 84.0 Å². The molecule has 0 saturated carbocycles. The minimum atomic E-state index is 0. The topological polar surface area (TPSA) is 0 Å². The smallest absolute Gasteiger partial charge is 0.0281 e. The first-order valence-electron chi connectivity index (χ1n) is 8.87. The van der Waals surface area contributed by atoms with Gasteiger partial charge in [0.15, 0.2) is 0 Å². The molecule has 25 heavy (non-hydrogen) atoms. The van der Waals surface area contributed by atoms with Crippen LogP contribution >= 0.6 is 0 Å². The summed E-state index contributed by atoms with van der Waals surface area (Å²) in [4.78, 5) is 0. The van der Waals surface area contributed by atoms with Crippen molar-refractivity contribution in [1.82, 2.24) is 0 Å². The van der Waals surface area contributed by atoms with E-state index in [0.717, 1.165) is 12.8 Å². The maximum absolute atomic E-state index is 2.40. The number of benzene rings is 2. The summed E-state index contributed by atoms with van der Waals surface area (Å²) in [6.07, 6.45) is 13.5. The molecule has 0 spiro atoms. The second kappa shape index (κ2) is 6.53. The van der Waals surface area contributed by atoms with Crippen LogP contribution in [0.4, 0.5) is 0 Å². The van der Waals surface area contributed by atoms with E-state index in [9.17, 15) is 0 Å². The third-order valence-corrected chi connectivity index (χ3v) is 5.58. The maximum atomic E-state index is 2.40. The fourth-order valence-corrected chi connectivity index (χ4v) is 4.48. The third-order valence-electron chi connectivity index (χ3n) is 5.58. The molecule has 2 aromatic rings. The van der Waals surface area contributed by atoms with Crippen LogP contribution < -0.4 is 0 Å². The largest absolute Gasteiger partial charge is 0.0726 e. The summed E-state index contributed by atoms with van der Waals surface area (Å²) >= 11 is 0. The molecule has 1 atom stereocenters.